The van der Waals surface area contributed by atoms with Crippen molar-refractivity contribution in [1.82, 2.24) is 0 Å². The second-order valence-corrected chi connectivity index (χ2v) is 9.15. The van der Waals surface area contributed by atoms with Crippen LogP contribution in [-0.2, 0) is 22.7 Å². The molecule has 0 N–H and O–H groups in total. The lowest BCUT2D eigenvalue weighted by Crippen LogP contribution is -2.26. The molecule has 0 spiro atoms. The summed E-state index contributed by atoms with van der Waals surface area (Å²) >= 11 is 0. The highest BCUT2D eigenvalue weighted by molar-refractivity contribution is 7.91. The number of hydrogen-bond acceptors (Lipinski definition) is 2. The van der Waals surface area contributed by atoms with Crippen molar-refractivity contribution in [2.24, 2.45) is 0 Å². The minimum absolute atomic E-state index is 0.567. The fraction of sp³-hybridized carbons (Fsp3) is 0.273. The van der Waals surface area contributed by atoms with Crippen LogP contribution in [0, 0.1) is 10.4 Å². The summed E-state index contributed by atoms with van der Waals surface area (Å²) in [5, 5.41) is 3.90. The average molecular weight is 350 g/mol. The summed E-state index contributed by atoms with van der Waals surface area (Å²) in [6.07, 6.45) is 11.3. The summed E-state index contributed by atoms with van der Waals surface area (Å²) < 4.78 is 25.3. The number of hydrogen-bond donors (Lipinski definition) is 0. The summed E-state index contributed by atoms with van der Waals surface area (Å²) in [5.74, 6) is 0. The van der Waals surface area contributed by atoms with Crippen molar-refractivity contribution in [3.05, 3.63) is 80.6 Å². The van der Waals surface area contributed by atoms with Gasteiger partial charge in [-0.3, -0.25) is 0 Å². The van der Waals surface area contributed by atoms with Crippen LogP contribution in [0.5, 0.6) is 0 Å². The lowest BCUT2D eigenvalue weighted by Gasteiger charge is -2.23. The van der Waals surface area contributed by atoms with Gasteiger partial charge in [-0.2, -0.15) is 0 Å². The van der Waals surface area contributed by atoms with Gasteiger partial charge in [-0.1, -0.05) is 48.6 Å². The van der Waals surface area contributed by atoms with Gasteiger partial charge in [0.2, 0.25) is 0 Å². The van der Waals surface area contributed by atoms with Gasteiger partial charge in [0.25, 0.3) is 0 Å². The normalized spacial score (nSPS) is 18.2. The number of fused-ring (bicyclic) bond motifs is 4. The highest BCUT2D eigenvalue weighted by Gasteiger charge is 2.27. The van der Waals surface area contributed by atoms with Crippen LogP contribution in [0.2, 0.25) is 0 Å². The maximum atomic E-state index is 12.7. The Bertz CT molecular complexity index is 1190. The molecule has 0 aliphatic heterocycles. The SMILES string of the molecule is C=CCc1cccc2c1=CC(S(C)(=O)=O)c1c3c(ccc1=2)=CCCC3. The van der Waals surface area contributed by atoms with Crippen molar-refractivity contribution in [2.45, 2.75) is 30.9 Å². The highest BCUT2D eigenvalue weighted by Crippen LogP contribution is 2.30. The molecule has 0 fully saturated rings. The highest BCUT2D eigenvalue weighted by atomic mass is 32.2. The molecule has 2 aromatic carbocycles. The Hall–Kier alpha value is -2.13. The number of benzene rings is 2. The zero-order valence-corrected chi connectivity index (χ0v) is 15.3. The fourth-order valence-corrected chi connectivity index (χ4v) is 5.28. The molecule has 2 aliphatic carbocycles. The van der Waals surface area contributed by atoms with Crippen molar-refractivity contribution < 1.29 is 8.42 Å². The van der Waals surface area contributed by atoms with Crippen LogP contribution in [0.15, 0.2) is 43.0 Å². The minimum Gasteiger partial charge on any atom is -0.228 e. The zero-order chi connectivity index (χ0) is 17.6. The van der Waals surface area contributed by atoms with E-state index in [1.54, 1.807) is 0 Å². The molecule has 0 amide bonds. The van der Waals surface area contributed by atoms with E-state index in [2.05, 4.69) is 43.0 Å². The van der Waals surface area contributed by atoms with E-state index in [1.165, 1.54) is 17.0 Å². The standard InChI is InChI=1S/C22H22O2S/c1-3-7-15-9-6-11-18-19-13-12-16-8-4-5-10-17(16)22(19)21(14-20(15)18)25(2,23)24/h3,6,8-9,11-14,21H,1,4-5,7,10H2,2H3. The molecule has 0 bridgehead atoms. The summed E-state index contributed by atoms with van der Waals surface area (Å²) in [7, 11) is -3.24. The Morgan fingerprint density at radius 3 is 2.80 bits per heavy atom. The Labute approximate surface area is 148 Å². The topological polar surface area (TPSA) is 34.1 Å². The molecular formula is C22H22O2S. The summed E-state index contributed by atoms with van der Waals surface area (Å²) in [4.78, 5) is 0. The van der Waals surface area contributed by atoms with Gasteiger partial charge in [-0.05, 0) is 63.2 Å². The Morgan fingerprint density at radius 1 is 1.20 bits per heavy atom. The summed E-state index contributed by atoms with van der Waals surface area (Å²) in [6.45, 7) is 3.84. The summed E-state index contributed by atoms with van der Waals surface area (Å²) in [5.41, 5.74) is 3.35. The van der Waals surface area contributed by atoms with Crippen molar-refractivity contribution in [1.29, 1.82) is 0 Å². The van der Waals surface area contributed by atoms with Gasteiger partial charge in [0, 0.05) is 6.26 Å². The molecule has 2 nitrogen and oxygen atoms in total. The van der Waals surface area contributed by atoms with Gasteiger partial charge < -0.3 is 0 Å². The third-order valence-electron chi connectivity index (χ3n) is 5.30. The molecule has 2 aliphatic rings. The Morgan fingerprint density at radius 2 is 2.04 bits per heavy atom. The lowest BCUT2D eigenvalue weighted by atomic mass is 9.87. The van der Waals surface area contributed by atoms with Crippen molar-refractivity contribution in [2.75, 3.05) is 6.26 Å². The van der Waals surface area contributed by atoms with E-state index in [-0.39, 0.29) is 0 Å². The van der Waals surface area contributed by atoms with Gasteiger partial charge >= 0.3 is 0 Å². The number of allylic oxidation sites excluding steroid dienone is 1. The molecule has 1 unspecified atom stereocenters. The molecule has 0 saturated heterocycles. The third kappa shape index (κ3) is 2.67. The van der Waals surface area contributed by atoms with Gasteiger partial charge in [-0.25, -0.2) is 8.42 Å². The predicted octanol–water partition coefficient (Wildman–Crippen LogP) is 2.70. The summed E-state index contributed by atoms with van der Waals surface area (Å²) in [6, 6.07) is 10.5. The van der Waals surface area contributed by atoms with E-state index in [0.29, 0.717) is 0 Å². The first-order chi connectivity index (χ1) is 12.0. The lowest BCUT2D eigenvalue weighted by molar-refractivity contribution is 0.597. The minimum atomic E-state index is -3.24. The molecule has 2 aromatic rings. The quantitative estimate of drug-likeness (QED) is 0.798. The van der Waals surface area contributed by atoms with E-state index in [4.69, 9.17) is 0 Å². The van der Waals surface area contributed by atoms with Crippen LogP contribution < -0.4 is 10.4 Å². The first-order valence-corrected chi connectivity index (χ1v) is 10.7. The largest absolute Gasteiger partial charge is 0.228 e. The second kappa shape index (κ2) is 5.99. The van der Waals surface area contributed by atoms with E-state index < -0.39 is 15.1 Å². The van der Waals surface area contributed by atoms with Gasteiger partial charge in [0.05, 0.1) is 0 Å². The van der Waals surface area contributed by atoms with Gasteiger partial charge in [-0.15, -0.1) is 6.58 Å². The van der Waals surface area contributed by atoms with Crippen LogP contribution in [0.25, 0.3) is 12.2 Å². The third-order valence-corrected chi connectivity index (χ3v) is 6.60. The van der Waals surface area contributed by atoms with Crippen LogP contribution in [-0.4, -0.2) is 14.7 Å². The van der Waals surface area contributed by atoms with Gasteiger partial charge in [0.15, 0.2) is 9.84 Å². The number of sulfone groups is 1. The predicted molar refractivity (Wildman–Crippen MR) is 103 cm³/mol. The van der Waals surface area contributed by atoms with Crippen molar-refractivity contribution in [3.63, 3.8) is 0 Å². The monoisotopic (exact) mass is 350 g/mol. The van der Waals surface area contributed by atoms with Crippen LogP contribution >= 0.6 is 0 Å². The zero-order valence-electron chi connectivity index (χ0n) is 14.5. The van der Waals surface area contributed by atoms with Gasteiger partial charge in [0.1, 0.15) is 5.25 Å². The molecule has 0 heterocycles. The van der Waals surface area contributed by atoms with Crippen molar-refractivity contribution in [3.8, 4) is 0 Å². The second-order valence-electron chi connectivity index (χ2n) is 6.98. The molecule has 1 atom stereocenters. The Kier molecular flexibility index (Phi) is 3.92. The maximum absolute atomic E-state index is 12.7. The first-order valence-electron chi connectivity index (χ1n) is 8.76. The number of rotatable bonds is 3. The maximum Gasteiger partial charge on any atom is 0.158 e. The van der Waals surface area contributed by atoms with Crippen molar-refractivity contribution >= 4 is 22.0 Å². The molecule has 128 valence electrons. The molecule has 0 aromatic heterocycles. The molecule has 0 saturated carbocycles. The fourth-order valence-electron chi connectivity index (χ4n) is 4.20. The van der Waals surface area contributed by atoms with Crippen LogP contribution in [0.3, 0.4) is 0 Å². The first kappa shape index (κ1) is 16.3. The molecular weight excluding hydrogens is 328 g/mol. The van der Waals surface area contributed by atoms with Crippen LogP contribution in [0.1, 0.15) is 34.8 Å². The van der Waals surface area contributed by atoms with E-state index in [1.807, 2.05) is 12.2 Å². The molecule has 3 heteroatoms. The van der Waals surface area contributed by atoms with E-state index >= 15 is 0 Å². The molecule has 0 radical (unpaired) electrons. The van der Waals surface area contributed by atoms with Crippen LogP contribution in [0.4, 0.5) is 0 Å². The van der Waals surface area contributed by atoms with E-state index in [0.717, 1.165) is 52.5 Å². The average Bonchev–Trinajstić information content (AvgIpc) is 2.60. The van der Waals surface area contributed by atoms with E-state index in [9.17, 15) is 8.42 Å². The Balaban J connectivity index is 2.25. The smallest absolute Gasteiger partial charge is 0.158 e. The molecule has 25 heavy (non-hydrogen) atoms. The molecule has 4 rings (SSSR count).